The third-order valence-corrected chi connectivity index (χ3v) is 7.31. The van der Waals surface area contributed by atoms with Gasteiger partial charge in [0, 0.05) is 31.2 Å². The highest BCUT2D eigenvalue weighted by Gasteiger charge is 2.34. The molecule has 4 aromatic rings. The van der Waals surface area contributed by atoms with Crippen molar-refractivity contribution in [2.24, 2.45) is 5.92 Å². The third kappa shape index (κ3) is 5.81. The lowest BCUT2D eigenvalue weighted by molar-refractivity contribution is -0.451. The molecule has 0 aliphatic carbocycles. The number of alkyl halides is 5. The lowest BCUT2D eigenvalue weighted by Crippen LogP contribution is -2.27. The molecule has 2 aliphatic rings. The number of ether oxygens (including phenoxy) is 1. The zero-order valence-corrected chi connectivity index (χ0v) is 22.4. The average molecular weight is 600 g/mol. The number of fused-ring (bicyclic) bond motifs is 1. The van der Waals surface area contributed by atoms with Gasteiger partial charge in [0.15, 0.2) is 11.5 Å². The molecule has 6 heterocycles. The van der Waals surface area contributed by atoms with Crippen LogP contribution in [0.4, 0.5) is 27.9 Å². The van der Waals surface area contributed by atoms with E-state index in [0.29, 0.717) is 59.7 Å². The lowest BCUT2D eigenvalue weighted by Gasteiger charge is -2.30. The molecule has 2 aliphatic heterocycles. The molecular formula is C28H24F5N8O2+. The van der Waals surface area contributed by atoms with Gasteiger partial charge in [0.1, 0.15) is 11.3 Å². The van der Waals surface area contributed by atoms with E-state index in [-0.39, 0.29) is 11.9 Å². The fourth-order valence-corrected chi connectivity index (χ4v) is 5.32. The standard InChI is InChI=1S/C28H24F5N8O2/c29-23(30)15-39-13-18(2-4-25(39)42)21-9-19(10-24-37-27(34)38-41(21)24)20-12-36-40(14-20)26(16-5-7-43-8-6-16)17-1-3-22(35-11-17)28(31,32)33/h1-4,9-12,14,16,23,26H,5-8,15H2,(H2,34,38)/q+1. The fourth-order valence-electron chi connectivity index (χ4n) is 5.32. The van der Waals surface area contributed by atoms with Crippen molar-refractivity contribution >= 4 is 28.9 Å². The van der Waals surface area contributed by atoms with Crippen molar-refractivity contribution in [2.45, 2.75) is 31.5 Å². The molecule has 1 atom stereocenters. The van der Waals surface area contributed by atoms with Gasteiger partial charge in [-0.3, -0.25) is 9.67 Å². The molecule has 0 spiro atoms. The molecule has 1 amide bonds. The molecule has 222 valence electrons. The van der Waals surface area contributed by atoms with Gasteiger partial charge in [-0.15, -0.1) is 9.67 Å². The molecular weight excluding hydrogens is 575 g/mol. The minimum Gasteiger partial charge on any atom is -0.381 e. The molecule has 6 rings (SSSR count). The number of aromatic nitrogens is 6. The van der Waals surface area contributed by atoms with E-state index in [9.17, 15) is 26.7 Å². The second-order valence-electron chi connectivity index (χ2n) is 10.1. The Morgan fingerprint density at radius 1 is 1.12 bits per heavy atom. The minimum absolute atomic E-state index is 0.0237. The number of nitrogens with two attached hydrogens (primary N) is 1. The number of amides is 1. The van der Waals surface area contributed by atoms with E-state index in [1.54, 1.807) is 29.2 Å². The number of hydrogen-bond acceptors (Lipinski definition) is 7. The monoisotopic (exact) mass is 599 g/mol. The SMILES string of the molecule is Nc1nc2cc(-c3cnn(C(c4ccc(C(F)(F)F)nc4)C4CCOCC4)c3)cc(C3=C=[N+](CC(F)F)C(=O)C=C3)n2n1. The first-order valence-corrected chi connectivity index (χ1v) is 13.3. The van der Waals surface area contributed by atoms with Crippen LogP contribution in [0.25, 0.3) is 22.3 Å². The summed E-state index contributed by atoms with van der Waals surface area (Å²) in [5.74, 6) is 2.09. The highest BCUT2D eigenvalue weighted by atomic mass is 19.4. The quantitative estimate of drug-likeness (QED) is 0.252. The van der Waals surface area contributed by atoms with Gasteiger partial charge in [-0.05, 0) is 54.2 Å². The molecule has 4 aromatic heterocycles. The van der Waals surface area contributed by atoms with Gasteiger partial charge in [-0.1, -0.05) is 6.07 Å². The molecule has 2 N–H and O–H groups in total. The Balaban J connectivity index is 1.43. The van der Waals surface area contributed by atoms with Crippen molar-refractivity contribution in [3.8, 4) is 11.1 Å². The lowest BCUT2D eigenvalue weighted by atomic mass is 9.87. The van der Waals surface area contributed by atoms with Crippen LogP contribution in [-0.2, 0) is 15.7 Å². The predicted octanol–water partition coefficient (Wildman–Crippen LogP) is 4.03. The average Bonchev–Trinajstić information content (AvgIpc) is 3.60. The summed E-state index contributed by atoms with van der Waals surface area (Å²) in [7, 11) is 0. The van der Waals surface area contributed by atoms with E-state index in [2.05, 4.69) is 26.0 Å². The Bertz CT molecular complexity index is 1780. The zero-order valence-electron chi connectivity index (χ0n) is 22.4. The van der Waals surface area contributed by atoms with Crippen LogP contribution >= 0.6 is 0 Å². The molecule has 10 nitrogen and oxygen atoms in total. The maximum Gasteiger partial charge on any atom is 0.433 e. The van der Waals surface area contributed by atoms with Crippen LogP contribution in [0.2, 0.25) is 0 Å². The van der Waals surface area contributed by atoms with E-state index < -0.39 is 36.8 Å². The van der Waals surface area contributed by atoms with Crippen LogP contribution < -0.4 is 5.73 Å². The molecule has 0 bridgehead atoms. The number of nitrogen functional groups attached to an aromatic ring is 1. The summed E-state index contributed by atoms with van der Waals surface area (Å²) in [4.78, 5) is 20.1. The highest BCUT2D eigenvalue weighted by molar-refractivity contribution is 6.01. The van der Waals surface area contributed by atoms with Gasteiger partial charge in [0.25, 0.3) is 6.43 Å². The number of nitrogens with zero attached hydrogens (tertiary/aromatic N) is 7. The molecule has 0 radical (unpaired) electrons. The van der Waals surface area contributed by atoms with Gasteiger partial charge in [-0.2, -0.15) is 23.3 Å². The van der Waals surface area contributed by atoms with E-state index in [1.807, 2.05) is 0 Å². The van der Waals surface area contributed by atoms with Gasteiger partial charge in [0.05, 0.1) is 24.0 Å². The number of hydrogen-bond donors (Lipinski definition) is 1. The molecule has 0 aromatic carbocycles. The first kappa shape index (κ1) is 28.4. The van der Waals surface area contributed by atoms with Crippen LogP contribution in [0.1, 0.15) is 35.8 Å². The summed E-state index contributed by atoms with van der Waals surface area (Å²) in [5.41, 5.74) is 7.77. The zero-order chi connectivity index (χ0) is 30.3. The highest BCUT2D eigenvalue weighted by Crippen LogP contribution is 2.36. The second kappa shape index (κ2) is 11.2. The van der Waals surface area contributed by atoms with E-state index in [1.165, 1.54) is 28.9 Å². The van der Waals surface area contributed by atoms with E-state index in [0.717, 1.165) is 10.6 Å². The number of carbonyl (C=O) groups excluding carboxylic acids is 1. The Morgan fingerprint density at radius 2 is 1.91 bits per heavy atom. The predicted molar refractivity (Wildman–Crippen MR) is 143 cm³/mol. The van der Waals surface area contributed by atoms with Gasteiger partial charge in [0.2, 0.25) is 12.5 Å². The molecule has 15 heteroatoms. The summed E-state index contributed by atoms with van der Waals surface area (Å²) in [6.07, 6.45) is 1.28. The van der Waals surface area contributed by atoms with Crippen LogP contribution in [0, 0.1) is 5.92 Å². The van der Waals surface area contributed by atoms with Gasteiger partial charge < -0.3 is 10.5 Å². The minimum atomic E-state index is -4.56. The van der Waals surface area contributed by atoms with Crippen molar-refractivity contribution in [2.75, 3.05) is 25.5 Å². The normalized spacial score (nSPS) is 17.0. The van der Waals surface area contributed by atoms with Crippen molar-refractivity contribution in [3.63, 3.8) is 0 Å². The summed E-state index contributed by atoms with van der Waals surface area (Å²) in [5, 5.41) is 8.79. The van der Waals surface area contributed by atoms with Gasteiger partial charge in [-0.25, -0.2) is 18.1 Å². The smallest absolute Gasteiger partial charge is 0.381 e. The molecule has 1 unspecified atom stereocenters. The third-order valence-electron chi connectivity index (χ3n) is 7.31. The number of carbonyl (C=O) groups is 1. The topological polar surface area (TPSA) is 116 Å². The van der Waals surface area contributed by atoms with Crippen LogP contribution in [-0.4, -0.2) is 71.9 Å². The maximum atomic E-state index is 13.2. The number of allylic oxidation sites excluding steroid dienone is 2. The van der Waals surface area contributed by atoms with Crippen molar-refractivity contribution in [1.29, 1.82) is 0 Å². The van der Waals surface area contributed by atoms with Crippen molar-refractivity contribution in [3.05, 3.63) is 72.0 Å². The molecule has 1 saturated heterocycles. The molecule has 1 fully saturated rings. The molecule has 0 saturated carbocycles. The van der Waals surface area contributed by atoms with E-state index >= 15 is 0 Å². The Hall–Kier alpha value is -4.75. The maximum absolute atomic E-state index is 13.2. The number of rotatable bonds is 7. The fraction of sp³-hybridized carbons (Fsp3) is 0.321. The summed E-state index contributed by atoms with van der Waals surface area (Å²) < 4.78 is 75.1. The Kier molecular flexibility index (Phi) is 7.36. The summed E-state index contributed by atoms with van der Waals surface area (Å²) in [6, 6.07) is 5.41. The largest absolute Gasteiger partial charge is 0.433 e. The second-order valence-corrected chi connectivity index (χ2v) is 10.1. The number of pyridine rings is 2. The first-order chi connectivity index (χ1) is 20.6. The summed E-state index contributed by atoms with van der Waals surface area (Å²) in [6.45, 7) is 0.206. The van der Waals surface area contributed by atoms with Crippen molar-refractivity contribution < 1.29 is 36.1 Å². The van der Waals surface area contributed by atoms with E-state index in [4.69, 9.17) is 10.5 Å². The number of halogens is 5. The summed E-state index contributed by atoms with van der Waals surface area (Å²) >= 11 is 0. The number of anilines is 1. The Morgan fingerprint density at radius 3 is 2.60 bits per heavy atom. The van der Waals surface area contributed by atoms with Gasteiger partial charge >= 0.3 is 12.1 Å². The Labute approximate surface area is 240 Å². The van der Waals surface area contributed by atoms with Crippen LogP contribution in [0.3, 0.4) is 0 Å². The van der Waals surface area contributed by atoms with Crippen LogP contribution in [0.5, 0.6) is 0 Å². The first-order valence-electron chi connectivity index (χ1n) is 13.3. The van der Waals surface area contributed by atoms with Crippen LogP contribution in [0.15, 0.2) is 55.0 Å². The molecule has 43 heavy (non-hydrogen) atoms. The van der Waals surface area contributed by atoms with Crippen molar-refractivity contribution in [1.82, 2.24) is 29.4 Å².